The summed E-state index contributed by atoms with van der Waals surface area (Å²) in [6.07, 6.45) is 1.47. The Morgan fingerprint density at radius 2 is 1.85 bits per heavy atom. The van der Waals surface area contributed by atoms with Gasteiger partial charge in [0.2, 0.25) is 11.8 Å². The van der Waals surface area contributed by atoms with Gasteiger partial charge >= 0.3 is 0 Å². The minimum atomic E-state index is -0.214. The van der Waals surface area contributed by atoms with Gasteiger partial charge in [0.15, 0.2) is 5.13 Å². The molecule has 2 aliphatic rings. The molecule has 2 aromatic rings. The lowest BCUT2D eigenvalue weighted by atomic mass is 10.1. The molecule has 0 radical (unpaired) electrons. The highest BCUT2D eigenvalue weighted by molar-refractivity contribution is 7.15. The van der Waals surface area contributed by atoms with E-state index in [9.17, 15) is 14.4 Å². The quantitative estimate of drug-likeness (QED) is 0.816. The van der Waals surface area contributed by atoms with Crippen molar-refractivity contribution in [3.8, 4) is 0 Å². The predicted molar refractivity (Wildman–Crippen MR) is 101 cm³/mol. The van der Waals surface area contributed by atoms with Gasteiger partial charge in [-0.05, 0) is 24.7 Å². The third-order valence-electron chi connectivity index (χ3n) is 4.85. The molecule has 8 heteroatoms. The van der Waals surface area contributed by atoms with Crippen LogP contribution in [0.15, 0.2) is 24.3 Å². The molecule has 1 saturated heterocycles. The average molecular weight is 384 g/mol. The van der Waals surface area contributed by atoms with E-state index < -0.39 is 0 Å². The number of rotatable bonds is 4. The van der Waals surface area contributed by atoms with Gasteiger partial charge in [0, 0.05) is 42.8 Å². The van der Waals surface area contributed by atoms with Gasteiger partial charge in [-0.2, -0.15) is 0 Å². The summed E-state index contributed by atoms with van der Waals surface area (Å²) in [7, 11) is 2.08. The van der Waals surface area contributed by atoms with Gasteiger partial charge in [-0.15, -0.1) is 11.3 Å². The maximum Gasteiger partial charge on any atom is 0.257 e. The Kier molecular flexibility index (Phi) is 4.75. The monoisotopic (exact) mass is 384 g/mol. The van der Waals surface area contributed by atoms with Gasteiger partial charge in [0.05, 0.1) is 12.2 Å². The highest BCUT2D eigenvalue weighted by Gasteiger charge is 2.28. The van der Waals surface area contributed by atoms with Crippen molar-refractivity contribution in [2.45, 2.75) is 32.4 Å². The zero-order valence-electron chi connectivity index (χ0n) is 15.0. The van der Waals surface area contributed by atoms with Crippen LogP contribution >= 0.6 is 11.3 Å². The summed E-state index contributed by atoms with van der Waals surface area (Å²) < 4.78 is 0. The Morgan fingerprint density at radius 3 is 2.56 bits per heavy atom. The molecule has 0 unspecified atom stereocenters. The summed E-state index contributed by atoms with van der Waals surface area (Å²) in [5.41, 5.74) is 2.41. The van der Waals surface area contributed by atoms with Crippen molar-refractivity contribution in [2.75, 3.05) is 18.9 Å². The van der Waals surface area contributed by atoms with Gasteiger partial charge in [-0.1, -0.05) is 12.1 Å². The molecule has 0 aliphatic carbocycles. The number of nitrogens with zero attached hydrogens (tertiary/aromatic N) is 3. The number of anilines is 1. The lowest BCUT2D eigenvalue weighted by molar-refractivity contribution is -0.139. The zero-order valence-corrected chi connectivity index (χ0v) is 15.8. The fraction of sp³-hybridized carbons (Fsp3) is 0.368. The molecule has 1 aromatic carbocycles. The first-order valence-corrected chi connectivity index (χ1v) is 9.72. The number of hydrogen-bond acceptors (Lipinski definition) is 6. The summed E-state index contributed by atoms with van der Waals surface area (Å²) in [4.78, 5) is 45.1. The summed E-state index contributed by atoms with van der Waals surface area (Å²) in [5, 5.41) is 3.49. The van der Waals surface area contributed by atoms with Crippen LogP contribution in [0.3, 0.4) is 0 Å². The third kappa shape index (κ3) is 3.77. The summed E-state index contributed by atoms with van der Waals surface area (Å²) in [6.45, 7) is 2.10. The first kappa shape index (κ1) is 17.8. The number of likely N-dealkylation sites (tertiary alicyclic amines) is 1. The number of amides is 3. The van der Waals surface area contributed by atoms with E-state index in [2.05, 4.69) is 22.2 Å². The van der Waals surface area contributed by atoms with E-state index in [-0.39, 0.29) is 37.1 Å². The summed E-state index contributed by atoms with van der Waals surface area (Å²) in [5.74, 6) is -0.491. The number of carbonyl (C=O) groups is 3. The van der Waals surface area contributed by atoms with Crippen LogP contribution in [0.25, 0.3) is 0 Å². The van der Waals surface area contributed by atoms with E-state index in [1.165, 1.54) is 21.1 Å². The number of benzene rings is 1. The van der Waals surface area contributed by atoms with Gasteiger partial charge in [0.25, 0.3) is 5.91 Å². The molecule has 1 aromatic heterocycles. The molecular weight excluding hydrogens is 364 g/mol. The number of aromatic nitrogens is 1. The number of imide groups is 1. The molecule has 0 atom stereocenters. The number of hydrogen-bond donors (Lipinski definition) is 1. The van der Waals surface area contributed by atoms with E-state index in [1.807, 2.05) is 0 Å². The highest BCUT2D eigenvalue weighted by atomic mass is 32.1. The average Bonchev–Trinajstić information content (AvgIpc) is 3.19. The van der Waals surface area contributed by atoms with Gasteiger partial charge in [0.1, 0.15) is 0 Å². The third-order valence-corrected chi connectivity index (χ3v) is 5.85. The number of likely N-dealkylation sites (N-methyl/N-ethyl adjacent to an activating group) is 1. The molecule has 1 fully saturated rings. The molecule has 0 saturated carbocycles. The molecule has 4 rings (SSSR count). The van der Waals surface area contributed by atoms with Crippen LogP contribution in [0.1, 0.15) is 39.3 Å². The molecule has 140 valence electrons. The second-order valence-corrected chi connectivity index (χ2v) is 7.98. The van der Waals surface area contributed by atoms with Crippen molar-refractivity contribution in [1.29, 1.82) is 0 Å². The Hall–Kier alpha value is -2.58. The van der Waals surface area contributed by atoms with E-state index in [1.54, 1.807) is 24.3 Å². The van der Waals surface area contributed by atoms with Crippen LogP contribution in [-0.2, 0) is 29.1 Å². The van der Waals surface area contributed by atoms with Crippen molar-refractivity contribution in [2.24, 2.45) is 0 Å². The van der Waals surface area contributed by atoms with E-state index >= 15 is 0 Å². The Morgan fingerprint density at radius 1 is 1.15 bits per heavy atom. The van der Waals surface area contributed by atoms with Crippen molar-refractivity contribution in [3.05, 3.63) is 46.0 Å². The van der Waals surface area contributed by atoms with E-state index in [0.717, 1.165) is 30.8 Å². The second-order valence-electron chi connectivity index (χ2n) is 6.90. The van der Waals surface area contributed by atoms with Gasteiger partial charge in [-0.25, -0.2) is 4.98 Å². The minimum absolute atomic E-state index is 0.139. The maximum absolute atomic E-state index is 12.5. The molecule has 7 nitrogen and oxygen atoms in total. The fourth-order valence-corrected chi connectivity index (χ4v) is 4.37. The Labute approximate surface area is 161 Å². The molecule has 27 heavy (non-hydrogen) atoms. The lowest BCUT2D eigenvalue weighted by Crippen LogP contribution is -2.28. The van der Waals surface area contributed by atoms with Crippen LogP contribution in [0, 0.1) is 0 Å². The zero-order chi connectivity index (χ0) is 19.0. The first-order valence-electron chi connectivity index (χ1n) is 8.90. The largest absolute Gasteiger partial charge is 0.301 e. The molecule has 2 aliphatic heterocycles. The number of thiazole rings is 1. The molecule has 1 N–H and O–H groups in total. The fourth-order valence-electron chi connectivity index (χ4n) is 3.29. The van der Waals surface area contributed by atoms with Crippen LogP contribution < -0.4 is 5.32 Å². The summed E-state index contributed by atoms with van der Waals surface area (Å²) >= 11 is 1.52. The molecule has 3 heterocycles. The topological polar surface area (TPSA) is 82.6 Å². The maximum atomic E-state index is 12.5. The van der Waals surface area contributed by atoms with Crippen molar-refractivity contribution < 1.29 is 14.4 Å². The lowest BCUT2D eigenvalue weighted by Gasteiger charge is -2.20. The van der Waals surface area contributed by atoms with Crippen LogP contribution in [0.4, 0.5) is 5.13 Å². The number of carbonyl (C=O) groups excluding carboxylic acids is 3. The van der Waals surface area contributed by atoms with Crippen LogP contribution in [0.5, 0.6) is 0 Å². The molecule has 0 spiro atoms. The first-order chi connectivity index (χ1) is 13.0. The van der Waals surface area contributed by atoms with Crippen molar-refractivity contribution >= 4 is 34.2 Å². The standard InChI is InChI=1S/C19H20N4O3S/c1-22-9-8-14-15(11-22)27-19(20-14)21-18(26)13-4-2-12(3-5-13)10-23-16(24)6-7-17(23)25/h2-5H,6-11H2,1H3,(H,20,21,26). The molecule has 3 amide bonds. The number of fused-ring (bicyclic) bond motifs is 1. The van der Waals surface area contributed by atoms with E-state index in [4.69, 9.17) is 0 Å². The Bertz CT molecular complexity index is 890. The molecule has 0 bridgehead atoms. The summed E-state index contributed by atoms with van der Waals surface area (Å²) in [6, 6.07) is 6.96. The second kappa shape index (κ2) is 7.21. The SMILES string of the molecule is CN1CCc2nc(NC(=O)c3ccc(CN4C(=O)CCC4=O)cc3)sc2C1. The van der Waals surface area contributed by atoms with Crippen LogP contribution in [-0.4, -0.2) is 46.1 Å². The molecular formula is C19H20N4O3S. The van der Waals surface area contributed by atoms with E-state index in [0.29, 0.717) is 10.7 Å². The Balaban J connectivity index is 1.41. The van der Waals surface area contributed by atoms with Gasteiger partial charge < -0.3 is 4.90 Å². The van der Waals surface area contributed by atoms with Gasteiger partial charge in [-0.3, -0.25) is 24.6 Å². The predicted octanol–water partition coefficient (Wildman–Crippen LogP) is 2.03. The smallest absolute Gasteiger partial charge is 0.257 e. The van der Waals surface area contributed by atoms with Crippen molar-refractivity contribution in [3.63, 3.8) is 0 Å². The highest BCUT2D eigenvalue weighted by Crippen LogP contribution is 2.28. The number of nitrogens with one attached hydrogen (secondary N) is 1. The van der Waals surface area contributed by atoms with Crippen molar-refractivity contribution in [1.82, 2.24) is 14.8 Å². The minimum Gasteiger partial charge on any atom is -0.301 e. The van der Waals surface area contributed by atoms with Crippen LogP contribution in [0.2, 0.25) is 0 Å². The normalized spacial score (nSPS) is 17.3.